The van der Waals surface area contributed by atoms with Gasteiger partial charge in [0.05, 0.1) is 11.1 Å². The third-order valence-corrected chi connectivity index (χ3v) is 4.24. The molecule has 0 bridgehead atoms. The second-order valence-electron chi connectivity index (χ2n) is 4.65. The van der Waals surface area contributed by atoms with E-state index in [4.69, 9.17) is 22.1 Å². The number of thiazole rings is 1. The molecule has 1 atom stereocenters. The molecule has 126 valence electrons. The molecule has 0 aliphatic heterocycles. The van der Waals surface area contributed by atoms with Crippen LogP contribution in [0.25, 0.3) is 0 Å². The zero-order valence-electron chi connectivity index (χ0n) is 12.6. The van der Waals surface area contributed by atoms with Gasteiger partial charge >= 0.3 is 0 Å². The van der Waals surface area contributed by atoms with Crippen molar-refractivity contribution in [3.05, 3.63) is 50.9 Å². The van der Waals surface area contributed by atoms with E-state index >= 15 is 0 Å². The molecular formula is C15H19Cl2N3O2S. The molecular weight excluding hydrogens is 357 g/mol. The van der Waals surface area contributed by atoms with Crippen molar-refractivity contribution in [2.75, 3.05) is 20.2 Å². The fourth-order valence-electron chi connectivity index (χ4n) is 1.97. The van der Waals surface area contributed by atoms with Crippen molar-refractivity contribution in [1.29, 1.82) is 0 Å². The highest BCUT2D eigenvalue weighted by Crippen LogP contribution is 2.20. The van der Waals surface area contributed by atoms with E-state index in [9.17, 15) is 4.79 Å². The Balaban J connectivity index is 0.00000264. The fourth-order valence-corrected chi connectivity index (χ4v) is 2.97. The quantitative estimate of drug-likeness (QED) is 0.779. The predicted octanol–water partition coefficient (Wildman–Crippen LogP) is 2.84. The summed E-state index contributed by atoms with van der Waals surface area (Å²) in [7, 11) is 1.60. The van der Waals surface area contributed by atoms with Crippen molar-refractivity contribution >= 4 is 41.3 Å². The van der Waals surface area contributed by atoms with E-state index < -0.39 is 0 Å². The van der Waals surface area contributed by atoms with Crippen molar-refractivity contribution < 1.29 is 9.53 Å². The number of aromatic nitrogens is 1. The molecule has 2 rings (SSSR count). The standard InChI is InChI=1S/C15H18ClN3O2S.ClH/c1-21-13(10-3-2-4-11(16)7-10)8-18-15(20)12-9-22-14(19-12)5-6-17;/h2-4,7,9,13H,5-6,8,17H2,1H3,(H,18,20);1H. The smallest absolute Gasteiger partial charge is 0.270 e. The van der Waals surface area contributed by atoms with Crippen LogP contribution in [0, 0.1) is 0 Å². The van der Waals surface area contributed by atoms with Gasteiger partial charge in [0, 0.05) is 30.5 Å². The van der Waals surface area contributed by atoms with Crippen molar-refractivity contribution in [2.24, 2.45) is 5.73 Å². The molecule has 5 nitrogen and oxygen atoms in total. The van der Waals surface area contributed by atoms with E-state index in [1.165, 1.54) is 11.3 Å². The predicted molar refractivity (Wildman–Crippen MR) is 95.7 cm³/mol. The first kappa shape index (κ1) is 19.9. The number of hydrogen-bond acceptors (Lipinski definition) is 5. The van der Waals surface area contributed by atoms with E-state index in [2.05, 4.69) is 10.3 Å². The molecule has 2 aromatic rings. The molecule has 8 heteroatoms. The molecule has 3 N–H and O–H groups in total. The molecule has 1 amide bonds. The Morgan fingerprint density at radius 3 is 2.96 bits per heavy atom. The number of amides is 1. The van der Waals surface area contributed by atoms with Gasteiger partial charge in [0.2, 0.25) is 0 Å². The first-order valence-electron chi connectivity index (χ1n) is 6.85. The zero-order chi connectivity index (χ0) is 15.9. The number of nitrogens with zero attached hydrogens (tertiary/aromatic N) is 1. The van der Waals surface area contributed by atoms with E-state index in [0.717, 1.165) is 10.6 Å². The number of carbonyl (C=O) groups excluding carboxylic acids is 1. The lowest BCUT2D eigenvalue weighted by atomic mass is 10.1. The van der Waals surface area contributed by atoms with Crippen LogP contribution in [-0.4, -0.2) is 31.1 Å². The summed E-state index contributed by atoms with van der Waals surface area (Å²) in [5.74, 6) is -0.219. The van der Waals surface area contributed by atoms with Crippen LogP contribution in [0.1, 0.15) is 27.2 Å². The molecule has 0 saturated carbocycles. The minimum absolute atomic E-state index is 0. The maximum atomic E-state index is 12.1. The summed E-state index contributed by atoms with van der Waals surface area (Å²) in [6, 6.07) is 7.38. The average Bonchev–Trinajstić information content (AvgIpc) is 2.97. The van der Waals surface area contributed by atoms with Crippen molar-refractivity contribution in [3.63, 3.8) is 0 Å². The molecule has 0 spiro atoms. The Kier molecular flexibility index (Phi) is 8.51. The molecule has 0 fully saturated rings. The number of halogens is 2. The van der Waals surface area contributed by atoms with Crippen LogP contribution in [0.15, 0.2) is 29.6 Å². The van der Waals surface area contributed by atoms with E-state index in [0.29, 0.717) is 30.2 Å². The summed E-state index contributed by atoms with van der Waals surface area (Å²) in [4.78, 5) is 16.4. The maximum Gasteiger partial charge on any atom is 0.270 e. The molecule has 0 aliphatic carbocycles. The van der Waals surface area contributed by atoms with E-state index in [1.54, 1.807) is 18.6 Å². The van der Waals surface area contributed by atoms with Gasteiger partial charge in [-0.2, -0.15) is 0 Å². The second kappa shape index (κ2) is 9.85. The lowest BCUT2D eigenvalue weighted by molar-refractivity contribution is 0.0824. The zero-order valence-corrected chi connectivity index (χ0v) is 15.0. The normalized spacial score (nSPS) is 11.6. The second-order valence-corrected chi connectivity index (χ2v) is 6.03. The third-order valence-electron chi connectivity index (χ3n) is 3.10. The third kappa shape index (κ3) is 5.75. The SMILES string of the molecule is COC(CNC(=O)c1csc(CCN)n1)c1cccc(Cl)c1.Cl. The number of carbonyl (C=O) groups is 1. The molecule has 0 radical (unpaired) electrons. The monoisotopic (exact) mass is 375 g/mol. The average molecular weight is 376 g/mol. The molecule has 1 aromatic heterocycles. The van der Waals surface area contributed by atoms with Crippen LogP contribution >= 0.6 is 35.3 Å². The number of benzene rings is 1. The van der Waals surface area contributed by atoms with Crippen molar-refractivity contribution in [1.82, 2.24) is 10.3 Å². The molecule has 23 heavy (non-hydrogen) atoms. The van der Waals surface area contributed by atoms with Crippen LogP contribution in [0.2, 0.25) is 5.02 Å². The first-order valence-corrected chi connectivity index (χ1v) is 8.10. The summed E-state index contributed by atoms with van der Waals surface area (Å²) >= 11 is 7.42. The van der Waals surface area contributed by atoms with Gasteiger partial charge in [0.15, 0.2) is 0 Å². The van der Waals surface area contributed by atoms with E-state index in [-0.39, 0.29) is 24.4 Å². The number of hydrogen-bond donors (Lipinski definition) is 2. The van der Waals surface area contributed by atoms with Gasteiger partial charge in [-0.1, -0.05) is 23.7 Å². The summed E-state index contributed by atoms with van der Waals surface area (Å²) in [5, 5.41) is 6.07. The Hall–Kier alpha value is -1.18. The Morgan fingerprint density at radius 1 is 1.52 bits per heavy atom. The maximum absolute atomic E-state index is 12.1. The van der Waals surface area contributed by atoms with Gasteiger partial charge < -0.3 is 15.8 Å². The number of ether oxygens (including phenoxy) is 1. The van der Waals surface area contributed by atoms with Crippen LogP contribution in [0.3, 0.4) is 0 Å². The fraction of sp³-hybridized carbons (Fsp3) is 0.333. The van der Waals surface area contributed by atoms with Gasteiger partial charge in [-0.15, -0.1) is 23.7 Å². The number of nitrogens with two attached hydrogens (primary N) is 1. The molecule has 1 aromatic carbocycles. The van der Waals surface area contributed by atoms with Crippen molar-refractivity contribution in [2.45, 2.75) is 12.5 Å². The van der Waals surface area contributed by atoms with Gasteiger partial charge in [-0.3, -0.25) is 4.79 Å². The van der Waals surface area contributed by atoms with E-state index in [1.807, 2.05) is 18.2 Å². The van der Waals surface area contributed by atoms with Crippen LogP contribution in [0.4, 0.5) is 0 Å². The molecule has 0 saturated heterocycles. The molecule has 0 aliphatic rings. The minimum Gasteiger partial charge on any atom is -0.375 e. The van der Waals surface area contributed by atoms with Crippen LogP contribution in [0.5, 0.6) is 0 Å². The summed E-state index contributed by atoms with van der Waals surface area (Å²) in [5.41, 5.74) is 6.80. The lowest BCUT2D eigenvalue weighted by Crippen LogP contribution is -2.29. The first-order chi connectivity index (χ1) is 10.6. The van der Waals surface area contributed by atoms with Gasteiger partial charge in [0.25, 0.3) is 5.91 Å². The van der Waals surface area contributed by atoms with Gasteiger partial charge in [-0.25, -0.2) is 4.98 Å². The number of nitrogens with one attached hydrogen (secondary N) is 1. The Labute approximate surface area is 150 Å². The lowest BCUT2D eigenvalue weighted by Gasteiger charge is -2.16. The minimum atomic E-state index is -0.259. The summed E-state index contributed by atoms with van der Waals surface area (Å²) < 4.78 is 5.41. The van der Waals surface area contributed by atoms with Crippen molar-refractivity contribution in [3.8, 4) is 0 Å². The summed E-state index contributed by atoms with van der Waals surface area (Å²) in [6.45, 7) is 0.870. The van der Waals surface area contributed by atoms with Crippen LogP contribution < -0.4 is 11.1 Å². The highest BCUT2D eigenvalue weighted by Gasteiger charge is 2.15. The topological polar surface area (TPSA) is 77.2 Å². The Morgan fingerprint density at radius 2 is 2.30 bits per heavy atom. The largest absolute Gasteiger partial charge is 0.375 e. The number of rotatable bonds is 7. The highest BCUT2D eigenvalue weighted by atomic mass is 35.5. The molecule has 1 heterocycles. The summed E-state index contributed by atoms with van der Waals surface area (Å²) in [6.07, 6.45) is 0.422. The molecule has 1 unspecified atom stereocenters. The number of methoxy groups -OCH3 is 1. The highest BCUT2D eigenvalue weighted by molar-refractivity contribution is 7.09. The van der Waals surface area contributed by atoms with Gasteiger partial charge in [0.1, 0.15) is 5.69 Å². The van der Waals surface area contributed by atoms with Gasteiger partial charge in [-0.05, 0) is 24.2 Å². The Bertz CT molecular complexity index is 637. The van der Waals surface area contributed by atoms with Crippen LogP contribution in [-0.2, 0) is 11.2 Å².